The first-order valence-electron chi connectivity index (χ1n) is 13.0. The van der Waals surface area contributed by atoms with E-state index in [9.17, 15) is 23.2 Å². The summed E-state index contributed by atoms with van der Waals surface area (Å²) in [5.41, 5.74) is 0. The van der Waals surface area contributed by atoms with E-state index in [2.05, 4.69) is 95.7 Å². The zero-order valence-corrected chi connectivity index (χ0v) is 22.8. The molecule has 3 fully saturated rings. The molecule has 208 valence electrons. The Labute approximate surface area is 234 Å². The molecule has 2 aliphatic carbocycles. The fourth-order valence-electron chi connectivity index (χ4n) is 5.91. The van der Waals surface area contributed by atoms with Crippen molar-refractivity contribution in [2.75, 3.05) is 7.11 Å². The van der Waals surface area contributed by atoms with E-state index in [1.807, 2.05) is 0 Å². The lowest BCUT2D eigenvalue weighted by atomic mass is 9.78. The zero-order chi connectivity index (χ0) is 28.4. The molecule has 6 nitrogen and oxygen atoms in total. The van der Waals surface area contributed by atoms with Gasteiger partial charge in [-0.3, -0.25) is 9.59 Å². The highest BCUT2D eigenvalue weighted by Gasteiger charge is 2.70. The molecule has 0 amide bonds. The highest BCUT2D eigenvalue weighted by molar-refractivity contribution is 7.97. The van der Waals surface area contributed by atoms with Gasteiger partial charge in [0.1, 0.15) is 12.2 Å². The van der Waals surface area contributed by atoms with E-state index in [0.717, 1.165) is 0 Å². The quantitative estimate of drug-likeness (QED) is 0.228. The Bertz CT molecular complexity index is 1250. The topological polar surface area (TPSA) is 78.9 Å². The van der Waals surface area contributed by atoms with E-state index in [1.165, 1.54) is 21.8 Å². The average molecular weight is 568 g/mol. The van der Waals surface area contributed by atoms with Crippen LogP contribution in [0.1, 0.15) is 13.3 Å². The van der Waals surface area contributed by atoms with Crippen LogP contribution in [-0.2, 0) is 39.5 Å². The van der Waals surface area contributed by atoms with E-state index >= 15 is 0 Å². The van der Waals surface area contributed by atoms with Gasteiger partial charge < -0.3 is 14.2 Å². The maximum atomic E-state index is 13.0. The summed E-state index contributed by atoms with van der Waals surface area (Å²) in [7, 11) is 1.17. The largest absolute Gasteiger partial charge is 0.469 e. The van der Waals surface area contributed by atoms with Crippen LogP contribution >= 0.6 is 0 Å². The van der Waals surface area contributed by atoms with Crippen LogP contribution in [0.2, 0.25) is 0 Å². The number of esters is 3. The first-order valence-corrected chi connectivity index (χ1v) is 14.2. The molecule has 6 atom stereocenters. The third-order valence-electron chi connectivity index (χ3n) is 7.56. The van der Waals surface area contributed by atoms with E-state index in [-0.39, 0.29) is 16.8 Å². The van der Waals surface area contributed by atoms with Gasteiger partial charge in [0.05, 0.1) is 29.8 Å². The molecule has 6 rings (SSSR count). The molecule has 0 radical (unpaired) electrons. The number of alkyl halides is 2. The van der Waals surface area contributed by atoms with Gasteiger partial charge in [-0.25, -0.2) is 4.79 Å². The summed E-state index contributed by atoms with van der Waals surface area (Å²) in [6.45, 7) is 0.434. The van der Waals surface area contributed by atoms with Crippen molar-refractivity contribution in [3.8, 4) is 0 Å². The van der Waals surface area contributed by atoms with Gasteiger partial charge in [-0.1, -0.05) is 54.6 Å². The fraction of sp³-hybridized carbons (Fsp3) is 0.323. The Balaban J connectivity index is 0.000000162. The van der Waals surface area contributed by atoms with Gasteiger partial charge in [0, 0.05) is 18.8 Å². The van der Waals surface area contributed by atoms with Gasteiger partial charge in [-0.2, -0.15) is 8.78 Å². The number of methoxy groups -OCH3 is 1. The maximum absolute atomic E-state index is 13.0. The highest BCUT2D eigenvalue weighted by Crippen LogP contribution is 2.59. The molecule has 2 saturated carbocycles. The van der Waals surface area contributed by atoms with Crippen LogP contribution in [0.25, 0.3) is 0 Å². The van der Waals surface area contributed by atoms with Gasteiger partial charge in [-0.05, 0) is 42.8 Å². The number of hydrogen-bond donors (Lipinski definition) is 0. The van der Waals surface area contributed by atoms with Crippen molar-refractivity contribution in [3.05, 3.63) is 91.0 Å². The van der Waals surface area contributed by atoms with Gasteiger partial charge in [-0.15, -0.1) is 0 Å². The standard InChI is InChI=1S/C18H15S.C13H14F2O6/c1-4-10-16(11-5-1)19(17-12-6-2-7-13-17)18-14-8-3-9-15-18;1-13(14,15)12(18)21-9-4-3-5-7(6(4)10(16)19-2)11(17)20-8(5)9/h1-15H;4-9H,3H2,1-2H3/q+1;. The van der Waals surface area contributed by atoms with E-state index < -0.39 is 53.8 Å². The normalized spacial score (nSPS) is 26.1. The molecule has 3 aromatic rings. The van der Waals surface area contributed by atoms with Crippen LogP contribution in [0, 0.1) is 23.7 Å². The third kappa shape index (κ3) is 5.35. The van der Waals surface area contributed by atoms with Crippen LogP contribution in [0.5, 0.6) is 0 Å². The SMILES string of the molecule is COC(=O)C1C2CC3C(OC(=O)C31)C2OC(=O)C(C)(F)F.c1ccc([S+](c2ccccc2)c2ccccc2)cc1. The minimum Gasteiger partial charge on any atom is -0.469 e. The molecule has 0 N–H and O–H groups in total. The first kappa shape index (κ1) is 27.8. The summed E-state index contributed by atoms with van der Waals surface area (Å²) < 4.78 is 40.6. The van der Waals surface area contributed by atoms with Crippen molar-refractivity contribution < 1.29 is 37.4 Å². The third-order valence-corrected chi connectivity index (χ3v) is 9.79. The summed E-state index contributed by atoms with van der Waals surface area (Å²) in [5.74, 6) is -8.68. The van der Waals surface area contributed by atoms with E-state index in [4.69, 9.17) is 9.47 Å². The molecule has 0 aromatic heterocycles. The molecular formula is C31H29F2O6S+. The number of benzene rings is 3. The zero-order valence-electron chi connectivity index (χ0n) is 21.9. The molecule has 1 aliphatic heterocycles. The molecule has 3 aliphatic rings. The Hall–Kier alpha value is -3.72. The van der Waals surface area contributed by atoms with E-state index in [0.29, 0.717) is 13.3 Å². The minimum absolute atomic E-state index is 0.0146. The number of fused-ring (bicyclic) bond motifs is 1. The summed E-state index contributed by atoms with van der Waals surface area (Å²) in [6, 6.07) is 32.2. The lowest BCUT2D eigenvalue weighted by Crippen LogP contribution is -2.45. The van der Waals surface area contributed by atoms with Gasteiger partial charge >= 0.3 is 23.8 Å². The van der Waals surface area contributed by atoms with Crippen LogP contribution in [-0.4, -0.2) is 43.1 Å². The summed E-state index contributed by atoms with van der Waals surface area (Å²) in [4.78, 5) is 39.1. The van der Waals surface area contributed by atoms with Crippen molar-refractivity contribution in [1.29, 1.82) is 0 Å². The fourth-order valence-corrected chi connectivity index (χ4v) is 8.01. The predicted octanol–water partition coefficient (Wildman–Crippen LogP) is 5.32. The van der Waals surface area contributed by atoms with Crippen molar-refractivity contribution in [2.45, 2.75) is 46.2 Å². The minimum atomic E-state index is -3.63. The lowest BCUT2D eigenvalue weighted by Gasteiger charge is -2.30. The molecule has 3 aromatic carbocycles. The molecule has 1 saturated heterocycles. The Morgan fingerprint density at radius 2 is 1.32 bits per heavy atom. The molecule has 0 spiro atoms. The van der Waals surface area contributed by atoms with E-state index in [1.54, 1.807) is 0 Å². The lowest BCUT2D eigenvalue weighted by molar-refractivity contribution is -0.185. The van der Waals surface area contributed by atoms with Crippen molar-refractivity contribution in [2.24, 2.45) is 23.7 Å². The molecule has 40 heavy (non-hydrogen) atoms. The van der Waals surface area contributed by atoms with Gasteiger partial charge in [0.15, 0.2) is 14.7 Å². The van der Waals surface area contributed by atoms with Crippen molar-refractivity contribution in [3.63, 3.8) is 0 Å². The number of halogens is 2. The van der Waals surface area contributed by atoms with Crippen LogP contribution in [0.15, 0.2) is 106 Å². The second kappa shape index (κ2) is 11.4. The second-order valence-corrected chi connectivity index (χ2v) is 12.1. The first-order chi connectivity index (χ1) is 19.2. The van der Waals surface area contributed by atoms with Crippen molar-refractivity contribution >= 4 is 28.8 Å². The van der Waals surface area contributed by atoms with Gasteiger partial charge in [0.2, 0.25) is 0 Å². The number of carbonyl (C=O) groups is 3. The van der Waals surface area contributed by atoms with Crippen LogP contribution < -0.4 is 0 Å². The molecule has 2 bridgehead atoms. The van der Waals surface area contributed by atoms with Crippen LogP contribution in [0.3, 0.4) is 0 Å². The monoisotopic (exact) mass is 567 g/mol. The second-order valence-electron chi connectivity index (χ2n) is 10.0. The predicted molar refractivity (Wildman–Crippen MR) is 142 cm³/mol. The maximum Gasteiger partial charge on any atom is 0.377 e. The molecule has 9 heteroatoms. The van der Waals surface area contributed by atoms with Crippen LogP contribution in [0.4, 0.5) is 8.78 Å². The molecular weight excluding hydrogens is 538 g/mol. The number of carbonyl (C=O) groups excluding carboxylic acids is 3. The van der Waals surface area contributed by atoms with Crippen molar-refractivity contribution in [1.82, 2.24) is 0 Å². The summed E-state index contributed by atoms with van der Waals surface area (Å²) >= 11 is 0. The molecule has 6 unspecified atom stereocenters. The highest BCUT2D eigenvalue weighted by atomic mass is 32.2. The smallest absolute Gasteiger partial charge is 0.377 e. The Morgan fingerprint density at radius 1 is 0.850 bits per heavy atom. The summed E-state index contributed by atoms with van der Waals surface area (Å²) in [5, 5.41) is 0. The number of rotatable bonds is 6. The Morgan fingerprint density at radius 3 is 1.75 bits per heavy atom. The summed E-state index contributed by atoms with van der Waals surface area (Å²) in [6.07, 6.45) is -1.33. The number of hydrogen-bond acceptors (Lipinski definition) is 6. The number of ether oxygens (including phenoxy) is 3. The Kier molecular flexibility index (Phi) is 7.94. The van der Waals surface area contributed by atoms with Gasteiger partial charge in [0.25, 0.3) is 0 Å². The molecule has 1 heterocycles. The average Bonchev–Trinajstić information content (AvgIpc) is 3.58.